The number of nitrogens with one attached hydrogen (secondary N) is 3. The second kappa shape index (κ2) is 8.05. The zero-order valence-electron chi connectivity index (χ0n) is 16.3. The summed E-state index contributed by atoms with van der Waals surface area (Å²) in [6.07, 6.45) is 1.50. The molecule has 0 saturated heterocycles. The van der Waals surface area contributed by atoms with Crippen molar-refractivity contribution in [2.75, 3.05) is 12.4 Å². The van der Waals surface area contributed by atoms with Gasteiger partial charge in [0, 0.05) is 31.1 Å². The Kier molecular flexibility index (Phi) is 5.28. The molecule has 158 valence electrons. The van der Waals surface area contributed by atoms with Gasteiger partial charge in [0.25, 0.3) is 5.91 Å². The van der Waals surface area contributed by atoms with Gasteiger partial charge in [0.2, 0.25) is 16.0 Å². The Hall–Kier alpha value is -3.96. The van der Waals surface area contributed by atoms with Gasteiger partial charge in [-0.15, -0.1) is 0 Å². The minimum atomic E-state index is -3.74. The molecule has 5 N–H and O–H groups in total. The molecule has 1 amide bonds. The van der Waals surface area contributed by atoms with Crippen LogP contribution in [0.3, 0.4) is 0 Å². The van der Waals surface area contributed by atoms with Gasteiger partial charge in [0.1, 0.15) is 17.2 Å². The SMILES string of the molecule is CNC(=O)c1cc(Oc2ccc3nc(Nc4ccc(S(N)(=O)=O)cc4)[nH]c3c2)ccn1. The van der Waals surface area contributed by atoms with Crippen LogP contribution in [-0.4, -0.2) is 36.3 Å². The molecule has 2 heterocycles. The van der Waals surface area contributed by atoms with Crippen molar-refractivity contribution in [2.45, 2.75) is 4.90 Å². The smallest absolute Gasteiger partial charge is 0.269 e. The van der Waals surface area contributed by atoms with E-state index in [2.05, 4.69) is 25.6 Å². The molecular formula is C20H18N6O4S. The minimum absolute atomic E-state index is 0.0279. The summed E-state index contributed by atoms with van der Waals surface area (Å²) in [7, 11) is -2.21. The zero-order valence-corrected chi connectivity index (χ0v) is 17.1. The van der Waals surface area contributed by atoms with Crippen LogP contribution >= 0.6 is 0 Å². The first kappa shape index (κ1) is 20.3. The summed E-state index contributed by atoms with van der Waals surface area (Å²) in [5, 5.41) is 10.7. The molecular weight excluding hydrogens is 420 g/mol. The molecule has 0 aliphatic rings. The number of amides is 1. The molecule has 0 fully saturated rings. The predicted molar refractivity (Wildman–Crippen MR) is 115 cm³/mol. The van der Waals surface area contributed by atoms with E-state index >= 15 is 0 Å². The molecule has 10 nitrogen and oxygen atoms in total. The molecule has 4 aromatic rings. The average molecular weight is 438 g/mol. The third kappa shape index (κ3) is 4.63. The molecule has 0 aliphatic carbocycles. The monoisotopic (exact) mass is 438 g/mol. The van der Waals surface area contributed by atoms with E-state index in [0.29, 0.717) is 28.7 Å². The number of nitrogens with zero attached hydrogens (tertiary/aromatic N) is 2. The fourth-order valence-corrected chi connectivity index (χ4v) is 3.35. The Morgan fingerprint density at radius 1 is 1.06 bits per heavy atom. The molecule has 0 atom stereocenters. The highest BCUT2D eigenvalue weighted by Crippen LogP contribution is 2.26. The van der Waals surface area contributed by atoms with Crippen molar-refractivity contribution in [2.24, 2.45) is 5.14 Å². The largest absolute Gasteiger partial charge is 0.457 e. The lowest BCUT2D eigenvalue weighted by atomic mass is 10.3. The van der Waals surface area contributed by atoms with E-state index in [1.54, 1.807) is 42.5 Å². The number of aromatic nitrogens is 3. The third-order valence-electron chi connectivity index (χ3n) is 4.33. The van der Waals surface area contributed by atoms with Gasteiger partial charge in [-0.05, 0) is 42.5 Å². The van der Waals surface area contributed by atoms with Gasteiger partial charge in [0.15, 0.2) is 0 Å². The fraction of sp³-hybridized carbons (Fsp3) is 0.0500. The van der Waals surface area contributed by atoms with Gasteiger partial charge >= 0.3 is 0 Å². The van der Waals surface area contributed by atoms with Crippen molar-refractivity contribution in [1.29, 1.82) is 0 Å². The fourth-order valence-electron chi connectivity index (χ4n) is 2.84. The number of aromatic amines is 1. The Labute approximate surface area is 177 Å². The Morgan fingerprint density at radius 2 is 1.81 bits per heavy atom. The van der Waals surface area contributed by atoms with Crippen LogP contribution in [0.25, 0.3) is 11.0 Å². The number of hydrogen-bond acceptors (Lipinski definition) is 7. The predicted octanol–water partition coefficient (Wildman–Crippen LogP) is 2.50. The minimum Gasteiger partial charge on any atom is -0.457 e. The molecule has 2 aromatic carbocycles. The van der Waals surface area contributed by atoms with Crippen molar-refractivity contribution in [3.05, 3.63) is 66.5 Å². The summed E-state index contributed by atoms with van der Waals surface area (Å²) in [6.45, 7) is 0. The van der Waals surface area contributed by atoms with E-state index in [1.165, 1.54) is 25.4 Å². The summed E-state index contributed by atoms with van der Waals surface area (Å²) < 4.78 is 28.5. The molecule has 4 rings (SSSR count). The number of anilines is 2. The Balaban J connectivity index is 1.53. The molecule has 11 heteroatoms. The first-order chi connectivity index (χ1) is 14.8. The van der Waals surface area contributed by atoms with Crippen molar-refractivity contribution < 1.29 is 17.9 Å². The summed E-state index contributed by atoms with van der Waals surface area (Å²) in [6, 6.07) is 14.5. The molecule has 31 heavy (non-hydrogen) atoms. The highest BCUT2D eigenvalue weighted by Gasteiger charge is 2.10. The van der Waals surface area contributed by atoms with Crippen LogP contribution in [0.2, 0.25) is 0 Å². The van der Waals surface area contributed by atoms with Crippen molar-refractivity contribution in [3.63, 3.8) is 0 Å². The van der Waals surface area contributed by atoms with Crippen LogP contribution < -0.4 is 20.5 Å². The van der Waals surface area contributed by atoms with Crippen molar-refractivity contribution >= 4 is 38.6 Å². The quantitative estimate of drug-likeness (QED) is 0.361. The molecule has 0 aliphatic heterocycles. The number of rotatable bonds is 6. The van der Waals surface area contributed by atoms with Crippen molar-refractivity contribution in [3.8, 4) is 11.5 Å². The van der Waals surface area contributed by atoms with E-state index in [0.717, 1.165) is 5.52 Å². The van der Waals surface area contributed by atoms with E-state index in [1.807, 2.05) is 0 Å². The first-order valence-corrected chi connectivity index (χ1v) is 10.6. The maximum Gasteiger partial charge on any atom is 0.269 e. The zero-order chi connectivity index (χ0) is 22.0. The lowest BCUT2D eigenvalue weighted by molar-refractivity contribution is 0.0958. The van der Waals surface area contributed by atoms with Crippen LogP contribution in [0.4, 0.5) is 11.6 Å². The second-order valence-electron chi connectivity index (χ2n) is 6.52. The number of H-pyrrole nitrogens is 1. The number of benzene rings is 2. The van der Waals surface area contributed by atoms with Gasteiger partial charge in [-0.25, -0.2) is 18.5 Å². The van der Waals surface area contributed by atoms with E-state index < -0.39 is 10.0 Å². The lowest BCUT2D eigenvalue weighted by Gasteiger charge is -2.06. The van der Waals surface area contributed by atoms with Crippen LogP contribution in [0, 0.1) is 0 Å². The standard InChI is InChI=1S/C20H18N6O4S/c1-22-19(27)18-11-14(8-9-23-18)30-13-4-7-16-17(10-13)26-20(25-16)24-12-2-5-15(6-3-12)31(21,28)29/h2-11H,1H3,(H,22,27)(H2,21,28,29)(H2,24,25,26). The summed E-state index contributed by atoms with van der Waals surface area (Å²) >= 11 is 0. The molecule has 0 bridgehead atoms. The maximum atomic E-state index is 11.7. The van der Waals surface area contributed by atoms with E-state index in [4.69, 9.17) is 9.88 Å². The van der Waals surface area contributed by atoms with Crippen LogP contribution in [0.5, 0.6) is 11.5 Å². The Morgan fingerprint density at radius 3 is 2.52 bits per heavy atom. The van der Waals surface area contributed by atoms with Gasteiger partial charge in [-0.2, -0.15) is 0 Å². The van der Waals surface area contributed by atoms with Crippen LogP contribution in [0.1, 0.15) is 10.5 Å². The number of fused-ring (bicyclic) bond motifs is 1. The topological polar surface area (TPSA) is 152 Å². The maximum absolute atomic E-state index is 11.7. The summed E-state index contributed by atoms with van der Waals surface area (Å²) in [5.74, 6) is 1.19. The number of nitrogens with two attached hydrogens (primary N) is 1. The van der Waals surface area contributed by atoms with E-state index in [-0.39, 0.29) is 16.5 Å². The lowest BCUT2D eigenvalue weighted by Crippen LogP contribution is -2.18. The summed E-state index contributed by atoms with van der Waals surface area (Å²) in [4.78, 5) is 23.3. The average Bonchev–Trinajstić information content (AvgIpc) is 3.14. The highest BCUT2D eigenvalue weighted by molar-refractivity contribution is 7.89. The number of carbonyl (C=O) groups is 1. The number of primary sulfonamides is 1. The molecule has 0 radical (unpaired) electrons. The van der Waals surface area contributed by atoms with Crippen molar-refractivity contribution in [1.82, 2.24) is 20.3 Å². The number of ether oxygens (including phenoxy) is 1. The first-order valence-electron chi connectivity index (χ1n) is 9.07. The number of carbonyl (C=O) groups excluding carboxylic acids is 1. The van der Waals surface area contributed by atoms with Gasteiger partial charge in [-0.1, -0.05) is 0 Å². The number of pyridine rings is 1. The van der Waals surface area contributed by atoms with Gasteiger partial charge < -0.3 is 20.4 Å². The van der Waals surface area contributed by atoms with Gasteiger partial charge in [-0.3, -0.25) is 9.78 Å². The second-order valence-corrected chi connectivity index (χ2v) is 8.08. The van der Waals surface area contributed by atoms with Crippen LogP contribution in [-0.2, 0) is 10.0 Å². The third-order valence-corrected chi connectivity index (χ3v) is 5.25. The molecule has 0 unspecified atom stereocenters. The van der Waals surface area contributed by atoms with Gasteiger partial charge in [0.05, 0.1) is 15.9 Å². The molecule has 2 aromatic heterocycles. The summed E-state index contributed by atoms with van der Waals surface area (Å²) in [5.41, 5.74) is 2.32. The Bertz CT molecular complexity index is 1370. The van der Waals surface area contributed by atoms with Crippen LogP contribution in [0.15, 0.2) is 65.7 Å². The highest BCUT2D eigenvalue weighted by atomic mass is 32.2. The molecule has 0 spiro atoms. The van der Waals surface area contributed by atoms with E-state index in [9.17, 15) is 13.2 Å². The number of hydrogen-bond donors (Lipinski definition) is 4. The number of sulfonamides is 1. The number of imidazole rings is 1. The molecule has 0 saturated carbocycles. The normalized spacial score (nSPS) is 11.3.